The summed E-state index contributed by atoms with van der Waals surface area (Å²) in [6.45, 7) is 2.52. The van der Waals surface area contributed by atoms with E-state index in [1.165, 1.54) is 6.20 Å². The van der Waals surface area contributed by atoms with Gasteiger partial charge in [0.15, 0.2) is 0 Å². The van der Waals surface area contributed by atoms with Gasteiger partial charge in [0.2, 0.25) is 0 Å². The Bertz CT molecular complexity index is 584. The summed E-state index contributed by atoms with van der Waals surface area (Å²) in [7, 11) is 1.72. The van der Waals surface area contributed by atoms with Crippen molar-refractivity contribution >= 4 is 23.3 Å². The molecule has 0 saturated heterocycles. The summed E-state index contributed by atoms with van der Waals surface area (Å²) in [6, 6.07) is 3.38. The molecular formula is C13H16ClN5O. The van der Waals surface area contributed by atoms with E-state index < -0.39 is 0 Å². The van der Waals surface area contributed by atoms with E-state index in [-0.39, 0.29) is 11.9 Å². The van der Waals surface area contributed by atoms with Crippen LogP contribution >= 0.6 is 11.6 Å². The van der Waals surface area contributed by atoms with E-state index in [0.717, 1.165) is 0 Å². The molecule has 2 N–H and O–H groups in total. The minimum absolute atomic E-state index is 0.0508. The lowest BCUT2D eigenvalue weighted by Gasteiger charge is -2.14. The molecule has 6 nitrogen and oxygen atoms in total. The average Bonchev–Trinajstić information content (AvgIpc) is 2.91. The van der Waals surface area contributed by atoms with Gasteiger partial charge in [-0.05, 0) is 19.1 Å². The van der Waals surface area contributed by atoms with Crippen molar-refractivity contribution in [1.82, 2.24) is 20.1 Å². The number of nitrogens with one attached hydrogen (secondary N) is 2. The van der Waals surface area contributed by atoms with Crippen molar-refractivity contribution in [3.05, 3.63) is 41.3 Å². The number of rotatable bonds is 5. The molecule has 0 aliphatic heterocycles. The van der Waals surface area contributed by atoms with Crippen LogP contribution in [-0.2, 0) is 6.54 Å². The molecule has 0 bridgehead atoms. The normalized spacial score (nSPS) is 11.9. The molecule has 1 atom stereocenters. The van der Waals surface area contributed by atoms with Gasteiger partial charge in [0.25, 0.3) is 5.91 Å². The van der Waals surface area contributed by atoms with Crippen molar-refractivity contribution in [1.29, 1.82) is 0 Å². The first-order chi connectivity index (χ1) is 9.60. The first-order valence-corrected chi connectivity index (χ1v) is 6.59. The largest absolute Gasteiger partial charge is 0.372 e. The molecule has 0 aliphatic rings. The summed E-state index contributed by atoms with van der Waals surface area (Å²) >= 11 is 6.01. The highest BCUT2D eigenvalue weighted by atomic mass is 35.5. The molecular weight excluding hydrogens is 278 g/mol. The van der Waals surface area contributed by atoms with Gasteiger partial charge >= 0.3 is 0 Å². The highest BCUT2D eigenvalue weighted by Crippen LogP contribution is 2.19. The molecule has 7 heteroatoms. The number of anilines is 1. The fraction of sp³-hybridized carbons (Fsp3) is 0.308. The maximum Gasteiger partial charge on any atom is 0.253 e. The summed E-state index contributed by atoms with van der Waals surface area (Å²) in [5.41, 5.74) is 0.432. The minimum atomic E-state index is -0.207. The molecule has 2 rings (SSSR count). The molecule has 106 valence electrons. The Morgan fingerprint density at radius 1 is 1.55 bits per heavy atom. The third kappa shape index (κ3) is 3.48. The molecule has 2 aromatic heterocycles. The number of nitrogens with zero attached hydrogens (tertiary/aromatic N) is 3. The van der Waals surface area contributed by atoms with Gasteiger partial charge in [-0.25, -0.2) is 4.98 Å². The zero-order chi connectivity index (χ0) is 14.5. The fourth-order valence-electron chi connectivity index (χ4n) is 1.79. The van der Waals surface area contributed by atoms with Crippen LogP contribution < -0.4 is 10.6 Å². The number of carbonyl (C=O) groups excluding carboxylic acids is 1. The summed E-state index contributed by atoms with van der Waals surface area (Å²) < 4.78 is 1.76. The Hall–Kier alpha value is -2.08. The summed E-state index contributed by atoms with van der Waals surface area (Å²) in [5, 5.41) is 10.2. The number of halogens is 1. The van der Waals surface area contributed by atoms with E-state index in [1.807, 2.05) is 19.2 Å². The van der Waals surface area contributed by atoms with E-state index in [2.05, 4.69) is 20.7 Å². The Balaban J connectivity index is 1.99. The van der Waals surface area contributed by atoms with Gasteiger partial charge in [-0.1, -0.05) is 11.6 Å². The standard InChI is InChI=1S/C13H16ClN5O/c1-9(8-19-5-3-4-17-19)18-13(20)10-6-11(14)12(15-2)16-7-10/h3-7,9H,8H2,1-2H3,(H,15,16)(H,18,20). The molecule has 2 heterocycles. The predicted molar refractivity (Wildman–Crippen MR) is 77.9 cm³/mol. The van der Waals surface area contributed by atoms with Crippen LogP contribution in [0.2, 0.25) is 5.02 Å². The zero-order valence-corrected chi connectivity index (χ0v) is 12.1. The van der Waals surface area contributed by atoms with Crippen molar-refractivity contribution in [2.24, 2.45) is 0 Å². The van der Waals surface area contributed by atoms with Crippen LogP contribution in [0.4, 0.5) is 5.82 Å². The minimum Gasteiger partial charge on any atom is -0.372 e. The van der Waals surface area contributed by atoms with E-state index in [1.54, 1.807) is 24.0 Å². The van der Waals surface area contributed by atoms with Gasteiger partial charge in [0.1, 0.15) is 5.82 Å². The lowest BCUT2D eigenvalue weighted by molar-refractivity contribution is 0.0935. The number of amides is 1. The van der Waals surface area contributed by atoms with Crippen molar-refractivity contribution in [3.63, 3.8) is 0 Å². The lowest BCUT2D eigenvalue weighted by Crippen LogP contribution is -2.35. The number of hydrogen-bond donors (Lipinski definition) is 2. The van der Waals surface area contributed by atoms with Crippen molar-refractivity contribution in [3.8, 4) is 0 Å². The van der Waals surface area contributed by atoms with Crippen molar-refractivity contribution in [2.75, 3.05) is 12.4 Å². The van der Waals surface area contributed by atoms with Gasteiger partial charge in [-0.3, -0.25) is 9.48 Å². The topological polar surface area (TPSA) is 71.8 Å². The monoisotopic (exact) mass is 293 g/mol. The second-order valence-corrected chi connectivity index (χ2v) is 4.81. The molecule has 0 radical (unpaired) electrons. The Morgan fingerprint density at radius 2 is 2.35 bits per heavy atom. The molecule has 1 unspecified atom stereocenters. The van der Waals surface area contributed by atoms with Crippen LogP contribution in [0.5, 0.6) is 0 Å². The molecule has 0 spiro atoms. The molecule has 0 fully saturated rings. The summed E-state index contributed by atoms with van der Waals surface area (Å²) in [5.74, 6) is 0.342. The maximum absolute atomic E-state index is 12.1. The Labute approximate surface area is 122 Å². The van der Waals surface area contributed by atoms with E-state index in [9.17, 15) is 4.79 Å². The number of hydrogen-bond acceptors (Lipinski definition) is 4. The first kappa shape index (κ1) is 14.3. The lowest BCUT2D eigenvalue weighted by atomic mass is 10.2. The SMILES string of the molecule is CNc1ncc(C(=O)NC(C)Cn2cccn2)cc1Cl. The van der Waals surface area contributed by atoms with Gasteiger partial charge < -0.3 is 10.6 Å². The molecule has 0 aliphatic carbocycles. The van der Waals surface area contributed by atoms with Crippen LogP contribution in [0.15, 0.2) is 30.7 Å². The third-order valence-electron chi connectivity index (χ3n) is 2.74. The molecule has 0 saturated carbocycles. The average molecular weight is 294 g/mol. The molecule has 2 aromatic rings. The van der Waals surface area contributed by atoms with Crippen LogP contribution in [0.1, 0.15) is 17.3 Å². The second-order valence-electron chi connectivity index (χ2n) is 4.41. The molecule has 0 aromatic carbocycles. The first-order valence-electron chi connectivity index (χ1n) is 6.21. The number of carbonyl (C=O) groups is 1. The smallest absolute Gasteiger partial charge is 0.253 e. The van der Waals surface area contributed by atoms with Gasteiger partial charge in [-0.15, -0.1) is 0 Å². The predicted octanol–water partition coefficient (Wildman–Crippen LogP) is 1.79. The van der Waals surface area contributed by atoms with Crippen LogP contribution in [0, 0.1) is 0 Å². The van der Waals surface area contributed by atoms with Gasteiger partial charge in [0, 0.05) is 31.7 Å². The van der Waals surface area contributed by atoms with Crippen LogP contribution in [0.3, 0.4) is 0 Å². The maximum atomic E-state index is 12.1. The van der Waals surface area contributed by atoms with Crippen LogP contribution in [0.25, 0.3) is 0 Å². The number of aromatic nitrogens is 3. The van der Waals surface area contributed by atoms with E-state index >= 15 is 0 Å². The third-order valence-corrected chi connectivity index (χ3v) is 3.03. The van der Waals surface area contributed by atoms with Crippen molar-refractivity contribution in [2.45, 2.75) is 19.5 Å². The second kappa shape index (κ2) is 6.38. The Kier molecular flexibility index (Phi) is 4.57. The zero-order valence-electron chi connectivity index (χ0n) is 11.3. The fourth-order valence-corrected chi connectivity index (χ4v) is 2.05. The van der Waals surface area contributed by atoms with E-state index in [4.69, 9.17) is 11.6 Å². The van der Waals surface area contributed by atoms with Gasteiger partial charge in [-0.2, -0.15) is 5.10 Å². The molecule has 20 heavy (non-hydrogen) atoms. The van der Waals surface area contributed by atoms with E-state index in [0.29, 0.717) is 22.9 Å². The summed E-state index contributed by atoms with van der Waals surface area (Å²) in [4.78, 5) is 16.2. The number of pyridine rings is 1. The summed E-state index contributed by atoms with van der Waals surface area (Å²) in [6.07, 6.45) is 5.05. The van der Waals surface area contributed by atoms with Gasteiger partial charge in [0.05, 0.1) is 17.1 Å². The Morgan fingerprint density at radius 3 is 2.95 bits per heavy atom. The molecule has 1 amide bonds. The highest BCUT2D eigenvalue weighted by Gasteiger charge is 2.12. The highest BCUT2D eigenvalue weighted by molar-refractivity contribution is 6.33. The van der Waals surface area contributed by atoms with Crippen LogP contribution in [-0.4, -0.2) is 33.8 Å². The quantitative estimate of drug-likeness (QED) is 0.882. The van der Waals surface area contributed by atoms with Crippen molar-refractivity contribution < 1.29 is 4.79 Å².